The van der Waals surface area contributed by atoms with Crippen molar-refractivity contribution in [2.75, 3.05) is 13.6 Å². The minimum atomic E-state index is -0.823. The number of likely N-dealkylation sites (tertiary alicyclic amines) is 1. The van der Waals surface area contributed by atoms with Crippen LogP contribution in [-0.4, -0.2) is 64.4 Å². The number of amides is 3. The first-order valence-electron chi connectivity index (χ1n) is 12.9. The Kier molecular flexibility index (Phi) is 9.22. The highest BCUT2D eigenvalue weighted by Crippen LogP contribution is 2.26. The topological polar surface area (TPSA) is 140 Å². The third-order valence-corrected chi connectivity index (χ3v) is 6.89. The van der Waals surface area contributed by atoms with Gasteiger partial charge < -0.3 is 26.0 Å². The van der Waals surface area contributed by atoms with E-state index in [-0.39, 0.29) is 37.6 Å². The molecule has 0 aliphatic carbocycles. The number of aromatic nitrogens is 2. The average Bonchev–Trinajstić information content (AvgIpc) is 3.37. The maximum absolute atomic E-state index is 13.6. The van der Waals surface area contributed by atoms with Gasteiger partial charge in [-0.2, -0.15) is 0 Å². The van der Waals surface area contributed by atoms with E-state index in [1.54, 1.807) is 49.1 Å². The van der Waals surface area contributed by atoms with Crippen molar-refractivity contribution < 1.29 is 19.1 Å². The molecule has 0 bridgehead atoms. The van der Waals surface area contributed by atoms with Crippen LogP contribution < -0.4 is 21.1 Å². The van der Waals surface area contributed by atoms with Crippen LogP contribution in [0.1, 0.15) is 35.6 Å². The minimum Gasteiger partial charge on any atom is -0.488 e. The number of hydrogen-bond acceptors (Lipinski definition) is 7. The molecule has 204 valence electrons. The smallest absolute Gasteiger partial charge is 0.243 e. The van der Waals surface area contributed by atoms with Crippen molar-refractivity contribution >= 4 is 17.7 Å². The molecule has 0 saturated carbocycles. The molecule has 1 unspecified atom stereocenters. The number of ether oxygens (including phenoxy) is 1. The van der Waals surface area contributed by atoms with Crippen LogP contribution in [0, 0.1) is 6.92 Å². The van der Waals surface area contributed by atoms with Crippen molar-refractivity contribution in [3.05, 3.63) is 90.0 Å². The SMILES string of the molecule is CNC(=O)[C@H](Cc1ccncc1)NC(=O)[C@@H]1CC(Oc2ccncc2)CN1C(=O)C[C@H](N)c1ccccc1C. The summed E-state index contributed by atoms with van der Waals surface area (Å²) < 4.78 is 6.08. The number of hydrogen-bond donors (Lipinski definition) is 3. The number of aryl methyl sites for hydroxylation is 1. The summed E-state index contributed by atoms with van der Waals surface area (Å²) in [4.78, 5) is 49.3. The number of carbonyl (C=O) groups excluding carboxylic acids is 3. The van der Waals surface area contributed by atoms with Gasteiger partial charge in [0.25, 0.3) is 0 Å². The van der Waals surface area contributed by atoms with Crippen molar-refractivity contribution in [1.82, 2.24) is 25.5 Å². The van der Waals surface area contributed by atoms with Gasteiger partial charge in [0.05, 0.1) is 6.54 Å². The molecule has 1 aliphatic rings. The average molecular weight is 531 g/mol. The molecular formula is C29H34N6O4. The van der Waals surface area contributed by atoms with Gasteiger partial charge in [0, 0.05) is 57.1 Å². The fraction of sp³-hybridized carbons (Fsp3) is 0.345. The molecule has 10 heteroatoms. The summed E-state index contributed by atoms with van der Waals surface area (Å²) in [7, 11) is 1.52. The largest absolute Gasteiger partial charge is 0.488 e. The van der Waals surface area contributed by atoms with Crippen LogP contribution in [0.2, 0.25) is 0 Å². The number of nitrogens with one attached hydrogen (secondary N) is 2. The summed E-state index contributed by atoms with van der Waals surface area (Å²) in [5.41, 5.74) is 9.15. The molecule has 3 heterocycles. The lowest BCUT2D eigenvalue weighted by Gasteiger charge is -2.27. The summed E-state index contributed by atoms with van der Waals surface area (Å²) in [5, 5.41) is 5.47. The van der Waals surface area contributed by atoms with Crippen LogP contribution in [0.15, 0.2) is 73.3 Å². The maximum atomic E-state index is 13.6. The molecule has 1 aliphatic heterocycles. The standard InChI is InChI=1S/C29H34N6O4/c1-19-5-3-4-6-23(19)24(30)17-27(36)35-18-22(39-21-9-13-33-14-10-21)16-26(35)29(38)34-25(28(37)31-2)15-20-7-11-32-12-8-20/h3-14,22,24-26H,15-18,30H2,1-2H3,(H,31,37)(H,34,38)/t22?,24-,25-,26-/m0/s1. The molecule has 3 aromatic rings. The van der Waals surface area contributed by atoms with Crippen LogP contribution in [0.25, 0.3) is 0 Å². The predicted octanol–water partition coefficient (Wildman–Crippen LogP) is 1.70. The number of nitrogens with two attached hydrogens (primary N) is 1. The summed E-state index contributed by atoms with van der Waals surface area (Å²) in [5.74, 6) is -0.406. The van der Waals surface area contributed by atoms with Gasteiger partial charge in [0.2, 0.25) is 17.7 Å². The Morgan fingerprint density at radius 2 is 1.72 bits per heavy atom. The third-order valence-electron chi connectivity index (χ3n) is 6.89. The quantitative estimate of drug-likeness (QED) is 0.362. The summed E-state index contributed by atoms with van der Waals surface area (Å²) in [6, 6.07) is 12.5. The normalized spacial score (nSPS) is 18.2. The number of nitrogens with zero attached hydrogens (tertiary/aromatic N) is 3. The maximum Gasteiger partial charge on any atom is 0.243 e. The molecular weight excluding hydrogens is 496 g/mol. The number of likely N-dealkylation sites (N-methyl/N-ethyl adjacent to an activating group) is 1. The van der Waals surface area contributed by atoms with E-state index in [4.69, 9.17) is 10.5 Å². The molecule has 39 heavy (non-hydrogen) atoms. The van der Waals surface area contributed by atoms with Gasteiger partial charge in [0.15, 0.2) is 0 Å². The Labute approximate surface area is 228 Å². The molecule has 1 saturated heterocycles. The fourth-order valence-corrected chi connectivity index (χ4v) is 4.84. The summed E-state index contributed by atoms with van der Waals surface area (Å²) >= 11 is 0. The molecule has 0 spiro atoms. The van der Waals surface area contributed by atoms with Crippen molar-refractivity contribution in [3.8, 4) is 5.75 Å². The van der Waals surface area contributed by atoms with Crippen LogP contribution in [-0.2, 0) is 20.8 Å². The monoisotopic (exact) mass is 530 g/mol. The number of benzene rings is 1. The predicted molar refractivity (Wildman–Crippen MR) is 145 cm³/mol. The van der Waals surface area contributed by atoms with Gasteiger partial charge in [-0.15, -0.1) is 0 Å². The zero-order valence-corrected chi connectivity index (χ0v) is 22.1. The van der Waals surface area contributed by atoms with E-state index in [0.717, 1.165) is 16.7 Å². The van der Waals surface area contributed by atoms with Gasteiger partial charge in [0.1, 0.15) is 23.9 Å². The summed E-state index contributed by atoms with van der Waals surface area (Å²) in [6.07, 6.45) is 6.67. The third kappa shape index (κ3) is 7.17. The number of pyridine rings is 2. The van der Waals surface area contributed by atoms with Crippen molar-refractivity contribution in [1.29, 1.82) is 0 Å². The lowest BCUT2D eigenvalue weighted by molar-refractivity contribution is -0.139. The molecule has 4 atom stereocenters. The van der Waals surface area contributed by atoms with Crippen LogP contribution >= 0.6 is 0 Å². The second-order valence-electron chi connectivity index (χ2n) is 9.62. The van der Waals surface area contributed by atoms with Crippen LogP contribution in [0.4, 0.5) is 0 Å². The molecule has 1 aromatic carbocycles. The second kappa shape index (κ2) is 13.0. The van der Waals surface area contributed by atoms with Gasteiger partial charge in [-0.25, -0.2) is 0 Å². The van der Waals surface area contributed by atoms with Crippen LogP contribution in [0.5, 0.6) is 5.75 Å². The zero-order chi connectivity index (χ0) is 27.8. The Morgan fingerprint density at radius 3 is 2.38 bits per heavy atom. The zero-order valence-electron chi connectivity index (χ0n) is 22.1. The first-order valence-corrected chi connectivity index (χ1v) is 12.9. The minimum absolute atomic E-state index is 0.0342. The highest BCUT2D eigenvalue weighted by molar-refractivity contribution is 5.92. The van der Waals surface area contributed by atoms with Gasteiger partial charge in [-0.05, 0) is 47.9 Å². The van der Waals surface area contributed by atoms with Crippen molar-refractivity contribution in [2.24, 2.45) is 5.73 Å². The van der Waals surface area contributed by atoms with Gasteiger partial charge >= 0.3 is 0 Å². The second-order valence-corrected chi connectivity index (χ2v) is 9.62. The van der Waals surface area contributed by atoms with E-state index >= 15 is 0 Å². The van der Waals surface area contributed by atoms with E-state index in [0.29, 0.717) is 5.75 Å². The Bertz CT molecular complexity index is 1270. The van der Waals surface area contributed by atoms with Gasteiger partial charge in [-0.1, -0.05) is 24.3 Å². The van der Waals surface area contributed by atoms with E-state index < -0.39 is 30.1 Å². The lowest BCUT2D eigenvalue weighted by atomic mass is 9.99. The number of rotatable bonds is 10. The molecule has 0 radical (unpaired) electrons. The van der Waals surface area contributed by atoms with Gasteiger partial charge in [-0.3, -0.25) is 24.4 Å². The van der Waals surface area contributed by atoms with E-state index in [9.17, 15) is 14.4 Å². The molecule has 2 aromatic heterocycles. The molecule has 1 fully saturated rings. The van der Waals surface area contributed by atoms with Crippen LogP contribution in [0.3, 0.4) is 0 Å². The van der Waals surface area contributed by atoms with E-state index in [2.05, 4.69) is 20.6 Å². The Balaban J connectivity index is 1.52. The first kappa shape index (κ1) is 27.7. The molecule has 4 rings (SSSR count). The molecule has 4 N–H and O–H groups in total. The lowest BCUT2D eigenvalue weighted by Crippen LogP contribution is -2.53. The van der Waals surface area contributed by atoms with Crippen molar-refractivity contribution in [2.45, 2.75) is 50.4 Å². The Hall–Kier alpha value is -4.31. The van der Waals surface area contributed by atoms with E-state index in [1.807, 2.05) is 31.2 Å². The summed E-state index contributed by atoms with van der Waals surface area (Å²) in [6.45, 7) is 2.17. The fourth-order valence-electron chi connectivity index (χ4n) is 4.84. The Morgan fingerprint density at radius 1 is 1.05 bits per heavy atom. The van der Waals surface area contributed by atoms with Crippen molar-refractivity contribution in [3.63, 3.8) is 0 Å². The number of carbonyl (C=O) groups is 3. The molecule has 3 amide bonds. The molecule has 10 nitrogen and oxygen atoms in total. The first-order chi connectivity index (χ1) is 18.9. The highest BCUT2D eigenvalue weighted by atomic mass is 16.5. The highest BCUT2D eigenvalue weighted by Gasteiger charge is 2.42. The van der Waals surface area contributed by atoms with E-state index in [1.165, 1.54) is 11.9 Å².